The number of hydrogen-bond donors (Lipinski definition) is 0. The first-order valence-corrected chi connectivity index (χ1v) is 7.53. The summed E-state index contributed by atoms with van der Waals surface area (Å²) in [4.78, 5) is 23.3. The fourth-order valence-corrected chi connectivity index (χ4v) is 2.06. The van der Waals surface area contributed by atoms with E-state index in [1.165, 1.54) is 0 Å². The van der Waals surface area contributed by atoms with Crippen LogP contribution in [0.1, 0.15) is 45.1 Å². The van der Waals surface area contributed by atoms with Gasteiger partial charge in [-0.25, -0.2) is 0 Å². The smallest absolute Gasteiger partial charge is 0.309 e. The lowest BCUT2D eigenvalue weighted by molar-refractivity contribution is -0.151. The third kappa shape index (κ3) is 6.93. The Morgan fingerprint density at radius 1 is 1.10 bits per heavy atom. The lowest BCUT2D eigenvalue weighted by Crippen LogP contribution is -2.17. The zero-order valence-corrected chi connectivity index (χ0v) is 12.8. The topological polar surface area (TPSA) is 52.6 Å². The van der Waals surface area contributed by atoms with Gasteiger partial charge in [0.25, 0.3) is 0 Å². The van der Waals surface area contributed by atoms with E-state index in [9.17, 15) is 9.59 Å². The molecule has 0 aliphatic rings. The van der Waals surface area contributed by atoms with Gasteiger partial charge >= 0.3 is 11.9 Å². The van der Waals surface area contributed by atoms with E-state index in [1.807, 2.05) is 37.3 Å². The van der Waals surface area contributed by atoms with Gasteiger partial charge in [0.15, 0.2) is 0 Å². The van der Waals surface area contributed by atoms with E-state index in [-0.39, 0.29) is 17.9 Å². The summed E-state index contributed by atoms with van der Waals surface area (Å²) in [6.45, 7) is 4.44. The molecule has 1 atom stereocenters. The fraction of sp³-hybridized carbons (Fsp3) is 0.529. The number of benzene rings is 1. The van der Waals surface area contributed by atoms with Crippen molar-refractivity contribution < 1.29 is 19.1 Å². The molecule has 1 aromatic carbocycles. The zero-order chi connectivity index (χ0) is 15.5. The van der Waals surface area contributed by atoms with Crippen LogP contribution >= 0.6 is 0 Å². The number of esters is 2. The Labute approximate surface area is 126 Å². The maximum absolute atomic E-state index is 12.0. The minimum absolute atomic E-state index is 0.150. The molecule has 1 aromatic rings. The van der Waals surface area contributed by atoms with E-state index in [4.69, 9.17) is 9.47 Å². The summed E-state index contributed by atoms with van der Waals surface area (Å²) in [6.07, 6.45) is 2.38. The molecule has 0 bridgehead atoms. The van der Waals surface area contributed by atoms with Gasteiger partial charge in [0.1, 0.15) is 6.61 Å². The van der Waals surface area contributed by atoms with Crippen LogP contribution in [0.2, 0.25) is 0 Å². The van der Waals surface area contributed by atoms with Gasteiger partial charge in [0.2, 0.25) is 0 Å². The molecule has 0 radical (unpaired) electrons. The maximum atomic E-state index is 12.0. The van der Waals surface area contributed by atoms with Crippen molar-refractivity contribution in [2.45, 2.75) is 46.1 Å². The largest absolute Gasteiger partial charge is 0.466 e. The van der Waals surface area contributed by atoms with Crippen molar-refractivity contribution in [3.05, 3.63) is 35.9 Å². The molecule has 0 N–H and O–H groups in total. The van der Waals surface area contributed by atoms with Gasteiger partial charge in [-0.3, -0.25) is 9.59 Å². The predicted octanol–water partition coefficient (Wildman–Crippen LogP) is 3.49. The molecule has 0 aliphatic heterocycles. The number of ether oxygens (including phenoxy) is 2. The normalized spacial score (nSPS) is 11.7. The summed E-state index contributed by atoms with van der Waals surface area (Å²) in [6, 6.07) is 9.61. The third-order valence-corrected chi connectivity index (χ3v) is 3.29. The van der Waals surface area contributed by atoms with Gasteiger partial charge < -0.3 is 9.47 Å². The average molecular weight is 292 g/mol. The molecule has 0 aliphatic carbocycles. The molecule has 0 amide bonds. The van der Waals surface area contributed by atoms with E-state index >= 15 is 0 Å². The second kappa shape index (κ2) is 9.97. The van der Waals surface area contributed by atoms with E-state index in [0.29, 0.717) is 32.5 Å². The van der Waals surface area contributed by atoms with Crippen LogP contribution < -0.4 is 0 Å². The summed E-state index contributed by atoms with van der Waals surface area (Å²) < 4.78 is 10.2. The monoisotopic (exact) mass is 292 g/mol. The number of carbonyl (C=O) groups excluding carboxylic acids is 2. The highest BCUT2D eigenvalue weighted by Gasteiger charge is 2.18. The van der Waals surface area contributed by atoms with Crippen LogP contribution in [0.15, 0.2) is 30.3 Å². The fourth-order valence-electron chi connectivity index (χ4n) is 2.06. The lowest BCUT2D eigenvalue weighted by Gasteiger charge is -2.14. The van der Waals surface area contributed by atoms with Crippen molar-refractivity contribution in [3.8, 4) is 0 Å². The molecular formula is C17H24O4. The van der Waals surface area contributed by atoms with Crippen molar-refractivity contribution in [1.82, 2.24) is 0 Å². The van der Waals surface area contributed by atoms with Gasteiger partial charge in [-0.1, -0.05) is 37.3 Å². The number of carbonyl (C=O) groups is 2. The van der Waals surface area contributed by atoms with Crippen LogP contribution in [-0.4, -0.2) is 18.5 Å². The van der Waals surface area contributed by atoms with Crippen molar-refractivity contribution >= 4 is 11.9 Å². The molecule has 1 unspecified atom stereocenters. The Morgan fingerprint density at radius 3 is 2.43 bits per heavy atom. The second-order valence-electron chi connectivity index (χ2n) is 4.90. The number of hydrogen-bond acceptors (Lipinski definition) is 4. The van der Waals surface area contributed by atoms with Crippen LogP contribution in [0, 0.1) is 5.92 Å². The molecule has 116 valence electrons. The SMILES string of the molecule is CCOC(=O)CCCC(CC)C(=O)OCc1ccccc1. The Balaban J connectivity index is 2.30. The van der Waals surface area contributed by atoms with Gasteiger partial charge in [-0.05, 0) is 31.7 Å². The van der Waals surface area contributed by atoms with Crippen LogP contribution in [0.25, 0.3) is 0 Å². The van der Waals surface area contributed by atoms with Crippen LogP contribution in [0.4, 0.5) is 0 Å². The molecule has 0 spiro atoms. The third-order valence-electron chi connectivity index (χ3n) is 3.29. The van der Waals surface area contributed by atoms with Crippen molar-refractivity contribution in [2.75, 3.05) is 6.61 Å². The zero-order valence-electron chi connectivity index (χ0n) is 12.8. The first kappa shape index (κ1) is 17.2. The molecule has 0 aromatic heterocycles. The van der Waals surface area contributed by atoms with E-state index in [2.05, 4.69) is 0 Å². The Kier molecular flexibility index (Phi) is 8.17. The molecule has 0 fully saturated rings. The lowest BCUT2D eigenvalue weighted by atomic mass is 9.99. The summed E-state index contributed by atoms with van der Waals surface area (Å²) in [7, 11) is 0. The average Bonchev–Trinajstić information content (AvgIpc) is 2.50. The molecule has 21 heavy (non-hydrogen) atoms. The maximum Gasteiger partial charge on any atom is 0.309 e. The quantitative estimate of drug-likeness (QED) is 0.654. The standard InChI is InChI=1S/C17H24O4/c1-3-15(11-8-12-16(18)20-4-2)17(19)21-13-14-9-6-5-7-10-14/h5-7,9-10,15H,3-4,8,11-13H2,1-2H3. The summed E-state index contributed by atoms with van der Waals surface area (Å²) in [5, 5.41) is 0. The molecule has 0 saturated carbocycles. The molecule has 1 rings (SSSR count). The highest BCUT2D eigenvalue weighted by Crippen LogP contribution is 2.16. The van der Waals surface area contributed by atoms with Gasteiger partial charge in [0.05, 0.1) is 12.5 Å². The Morgan fingerprint density at radius 2 is 1.81 bits per heavy atom. The number of rotatable bonds is 9. The van der Waals surface area contributed by atoms with Gasteiger partial charge in [0, 0.05) is 6.42 Å². The van der Waals surface area contributed by atoms with Crippen LogP contribution in [-0.2, 0) is 25.7 Å². The Bertz CT molecular complexity index is 428. The second-order valence-corrected chi connectivity index (χ2v) is 4.90. The van der Waals surface area contributed by atoms with Crippen molar-refractivity contribution in [2.24, 2.45) is 5.92 Å². The highest BCUT2D eigenvalue weighted by molar-refractivity contribution is 5.72. The summed E-state index contributed by atoms with van der Waals surface area (Å²) in [5.41, 5.74) is 0.979. The first-order valence-electron chi connectivity index (χ1n) is 7.53. The summed E-state index contributed by atoms with van der Waals surface area (Å²) >= 11 is 0. The molecular weight excluding hydrogens is 268 g/mol. The van der Waals surface area contributed by atoms with E-state index < -0.39 is 0 Å². The minimum Gasteiger partial charge on any atom is -0.466 e. The highest BCUT2D eigenvalue weighted by atomic mass is 16.5. The Hall–Kier alpha value is -1.84. The van der Waals surface area contributed by atoms with E-state index in [1.54, 1.807) is 6.92 Å². The first-order chi connectivity index (χ1) is 10.2. The minimum atomic E-state index is -0.204. The van der Waals surface area contributed by atoms with Crippen molar-refractivity contribution in [1.29, 1.82) is 0 Å². The molecule has 4 heteroatoms. The molecule has 0 heterocycles. The van der Waals surface area contributed by atoms with Crippen LogP contribution in [0.3, 0.4) is 0 Å². The van der Waals surface area contributed by atoms with Gasteiger partial charge in [-0.2, -0.15) is 0 Å². The van der Waals surface area contributed by atoms with Crippen molar-refractivity contribution in [3.63, 3.8) is 0 Å². The molecule has 0 saturated heterocycles. The van der Waals surface area contributed by atoms with Gasteiger partial charge in [-0.15, -0.1) is 0 Å². The molecule has 4 nitrogen and oxygen atoms in total. The van der Waals surface area contributed by atoms with Crippen LogP contribution in [0.5, 0.6) is 0 Å². The summed E-state index contributed by atoms with van der Waals surface area (Å²) in [5.74, 6) is -0.543. The van der Waals surface area contributed by atoms with E-state index in [0.717, 1.165) is 12.0 Å². The predicted molar refractivity (Wildman–Crippen MR) is 80.5 cm³/mol.